The Kier molecular flexibility index (Phi) is 5.68. The molecule has 0 heterocycles. The predicted molar refractivity (Wildman–Crippen MR) is 79.0 cm³/mol. The Morgan fingerprint density at radius 2 is 1.71 bits per heavy atom. The minimum Gasteiger partial charge on any atom is -0.307 e. The third-order valence-corrected chi connectivity index (χ3v) is 4.50. The highest BCUT2D eigenvalue weighted by molar-refractivity contribution is 5.19. The van der Waals surface area contributed by atoms with Crippen molar-refractivity contribution < 1.29 is 13.2 Å². The standard InChI is InChI=1S/C17H24F3N/c1-2-13-8-10-15(11-9-13)21-16(12-17(18,19)20)14-6-4-3-5-7-14/h3-7,13,15-16,21H,2,8-12H2,1H3. The van der Waals surface area contributed by atoms with Gasteiger partial charge in [-0.25, -0.2) is 0 Å². The van der Waals surface area contributed by atoms with Crippen LogP contribution in [0.15, 0.2) is 30.3 Å². The summed E-state index contributed by atoms with van der Waals surface area (Å²) in [6.45, 7) is 2.19. The number of rotatable bonds is 5. The Balaban J connectivity index is 2.00. The number of alkyl halides is 3. The molecule has 1 N–H and O–H groups in total. The van der Waals surface area contributed by atoms with Gasteiger partial charge >= 0.3 is 6.18 Å². The molecule has 1 aromatic rings. The third kappa shape index (κ3) is 5.34. The van der Waals surface area contributed by atoms with E-state index in [0.717, 1.165) is 37.2 Å². The monoisotopic (exact) mass is 299 g/mol. The summed E-state index contributed by atoms with van der Waals surface area (Å²) in [4.78, 5) is 0. The molecular weight excluding hydrogens is 275 g/mol. The highest BCUT2D eigenvalue weighted by Gasteiger charge is 2.34. The second-order valence-electron chi connectivity index (χ2n) is 6.08. The summed E-state index contributed by atoms with van der Waals surface area (Å²) in [6, 6.07) is 8.57. The van der Waals surface area contributed by atoms with Crippen molar-refractivity contribution in [1.29, 1.82) is 0 Å². The van der Waals surface area contributed by atoms with E-state index in [1.165, 1.54) is 6.42 Å². The van der Waals surface area contributed by atoms with Crippen LogP contribution in [0, 0.1) is 5.92 Å². The van der Waals surface area contributed by atoms with Gasteiger partial charge in [0.2, 0.25) is 0 Å². The Bertz CT molecular complexity index is 408. The molecule has 2 rings (SSSR count). The summed E-state index contributed by atoms with van der Waals surface area (Å²) >= 11 is 0. The Hall–Kier alpha value is -1.03. The normalized spacial score (nSPS) is 24.8. The van der Waals surface area contributed by atoms with Gasteiger partial charge in [0.15, 0.2) is 0 Å². The molecule has 0 spiro atoms. The van der Waals surface area contributed by atoms with Crippen LogP contribution in [0.25, 0.3) is 0 Å². The van der Waals surface area contributed by atoms with E-state index in [2.05, 4.69) is 12.2 Å². The van der Waals surface area contributed by atoms with Crippen molar-refractivity contribution in [2.75, 3.05) is 0 Å². The highest BCUT2D eigenvalue weighted by Crippen LogP contribution is 2.32. The average molecular weight is 299 g/mol. The van der Waals surface area contributed by atoms with Gasteiger partial charge in [0.25, 0.3) is 0 Å². The van der Waals surface area contributed by atoms with Crippen molar-refractivity contribution in [3.05, 3.63) is 35.9 Å². The van der Waals surface area contributed by atoms with E-state index >= 15 is 0 Å². The minimum atomic E-state index is -4.14. The van der Waals surface area contributed by atoms with Gasteiger partial charge in [0.05, 0.1) is 6.42 Å². The number of benzene rings is 1. The molecule has 0 aliphatic heterocycles. The largest absolute Gasteiger partial charge is 0.390 e. The molecule has 4 heteroatoms. The van der Waals surface area contributed by atoms with Crippen LogP contribution in [0.2, 0.25) is 0 Å². The van der Waals surface area contributed by atoms with Gasteiger partial charge in [-0.2, -0.15) is 13.2 Å². The van der Waals surface area contributed by atoms with Gasteiger partial charge in [-0.15, -0.1) is 0 Å². The van der Waals surface area contributed by atoms with Gasteiger partial charge in [0.1, 0.15) is 0 Å². The molecular formula is C17H24F3N. The van der Waals surface area contributed by atoms with E-state index in [-0.39, 0.29) is 6.04 Å². The van der Waals surface area contributed by atoms with Crippen LogP contribution >= 0.6 is 0 Å². The first-order valence-corrected chi connectivity index (χ1v) is 7.85. The van der Waals surface area contributed by atoms with E-state index in [1.807, 2.05) is 6.07 Å². The summed E-state index contributed by atoms with van der Waals surface area (Å²) in [5.41, 5.74) is 0.729. The molecule has 1 fully saturated rings. The van der Waals surface area contributed by atoms with Crippen molar-refractivity contribution in [3.8, 4) is 0 Å². The van der Waals surface area contributed by atoms with Crippen LogP contribution in [-0.2, 0) is 0 Å². The second-order valence-corrected chi connectivity index (χ2v) is 6.08. The van der Waals surface area contributed by atoms with Crippen LogP contribution < -0.4 is 5.32 Å². The number of nitrogens with one attached hydrogen (secondary N) is 1. The lowest BCUT2D eigenvalue weighted by Gasteiger charge is -2.32. The fourth-order valence-corrected chi connectivity index (χ4v) is 3.21. The van der Waals surface area contributed by atoms with E-state index in [9.17, 15) is 13.2 Å². The molecule has 1 saturated carbocycles. The number of hydrogen-bond donors (Lipinski definition) is 1. The van der Waals surface area contributed by atoms with Gasteiger partial charge in [-0.1, -0.05) is 43.7 Å². The molecule has 0 bridgehead atoms. The molecule has 1 aliphatic rings. The summed E-state index contributed by atoms with van der Waals surface area (Å²) in [7, 11) is 0. The predicted octanol–water partition coefficient (Wildman–Crippen LogP) is 5.24. The maximum atomic E-state index is 12.8. The van der Waals surface area contributed by atoms with Gasteiger partial charge in [-0.05, 0) is 37.2 Å². The van der Waals surface area contributed by atoms with Crippen molar-refractivity contribution in [2.45, 2.75) is 63.7 Å². The fourth-order valence-electron chi connectivity index (χ4n) is 3.21. The second kappa shape index (κ2) is 7.30. The van der Waals surface area contributed by atoms with E-state index in [4.69, 9.17) is 0 Å². The molecule has 0 radical (unpaired) electrons. The molecule has 1 aromatic carbocycles. The average Bonchev–Trinajstić information content (AvgIpc) is 2.47. The van der Waals surface area contributed by atoms with E-state index in [0.29, 0.717) is 0 Å². The Labute approximate surface area is 124 Å². The zero-order valence-electron chi connectivity index (χ0n) is 12.5. The highest BCUT2D eigenvalue weighted by atomic mass is 19.4. The van der Waals surface area contributed by atoms with Crippen molar-refractivity contribution >= 4 is 0 Å². The summed E-state index contributed by atoms with van der Waals surface area (Å²) in [5.74, 6) is 0.751. The van der Waals surface area contributed by atoms with Gasteiger partial charge in [-0.3, -0.25) is 0 Å². The molecule has 1 unspecified atom stereocenters. The fraction of sp³-hybridized carbons (Fsp3) is 0.647. The lowest BCUT2D eigenvalue weighted by Crippen LogP contribution is -2.37. The van der Waals surface area contributed by atoms with Crippen LogP contribution in [0.1, 0.15) is 57.1 Å². The maximum Gasteiger partial charge on any atom is 0.390 e. The quantitative estimate of drug-likeness (QED) is 0.784. The van der Waals surface area contributed by atoms with Gasteiger partial charge in [0, 0.05) is 12.1 Å². The third-order valence-electron chi connectivity index (χ3n) is 4.50. The smallest absolute Gasteiger partial charge is 0.307 e. The molecule has 1 nitrogen and oxygen atoms in total. The first-order chi connectivity index (χ1) is 9.98. The SMILES string of the molecule is CCC1CCC(NC(CC(F)(F)F)c2ccccc2)CC1. The molecule has 0 amide bonds. The summed E-state index contributed by atoms with van der Waals surface area (Å²) in [6.07, 6.45) is 0.457. The topological polar surface area (TPSA) is 12.0 Å². The molecule has 1 aliphatic carbocycles. The maximum absolute atomic E-state index is 12.8. The van der Waals surface area contributed by atoms with Crippen LogP contribution in [0.3, 0.4) is 0 Å². The summed E-state index contributed by atoms with van der Waals surface area (Å²) < 4.78 is 38.5. The van der Waals surface area contributed by atoms with E-state index in [1.54, 1.807) is 24.3 Å². The zero-order chi connectivity index (χ0) is 15.3. The number of halogens is 3. The lowest BCUT2D eigenvalue weighted by molar-refractivity contribution is -0.141. The van der Waals surface area contributed by atoms with Crippen molar-refractivity contribution in [1.82, 2.24) is 5.32 Å². The van der Waals surface area contributed by atoms with Gasteiger partial charge < -0.3 is 5.32 Å². The van der Waals surface area contributed by atoms with Crippen LogP contribution in [-0.4, -0.2) is 12.2 Å². The van der Waals surface area contributed by atoms with Crippen molar-refractivity contribution in [3.63, 3.8) is 0 Å². The first-order valence-electron chi connectivity index (χ1n) is 7.85. The zero-order valence-corrected chi connectivity index (χ0v) is 12.5. The molecule has 1 atom stereocenters. The Morgan fingerprint density at radius 1 is 1.10 bits per heavy atom. The molecule has 0 aromatic heterocycles. The van der Waals surface area contributed by atoms with Crippen molar-refractivity contribution in [2.24, 2.45) is 5.92 Å². The summed E-state index contributed by atoms with van der Waals surface area (Å²) in [5, 5.41) is 3.25. The number of hydrogen-bond acceptors (Lipinski definition) is 1. The van der Waals surface area contributed by atoms with E-state index < -0.39 is 18.6 Å². The first kappa shape index (κ1) is 16.3. The molecule has 118 valence electrons. The molecule has 21 heavy (non-hydrogen) atoms. The minimum absolute atomic E-state index is 0.209. The molecule has 0 saturated heterocycles. The lowest BCUT2D eigenvalue weighted by atomic mass is 9.84. The van der Waals surface area contributed by atoms with Crippen LogP contribution in [0.4, 0.5) is 13.2 Å². The van der Waals surface area contributed by atoms with Crippen LogP contribution in [0.5, 0.6) is 0 Å². The Morgan fingerprint density at radius 3 is 2.24 bits per heavy atom.